The molecule has 0 saturated heterocycles. The van der Waals surface area contributed by atoms with E-state index in [9.17, 15) is 15.0 Å². The smallest absolute Gasteiger partial charge is 0.163 e. The molecule has 3 heteroatoms. The third-order valence-electron chi connectivity index (χ3n) is 7.17. The van der Waals surface area contributed by atoms with Gasteiger partial charge in [-0.2, -0.15) is 0 Å². The average molecular weight is 344 g/mol. The van der Waals surface area contributed by atoms with Gasteiger partial charge >= 0.3 is 0 Å². The average Bonchev–Trinajstić information content (AvgIpc) is 2.91. The molecule has 3 aliphatic rings. The number of rotatable bonds is 1. The van der Waals surface area contributed by atoms with E-state index >= 15 is 0 Å². The van der Waals surface area contributed by atoms with E-state index in [1.54, 1.807) is 0 Å². The molecule has 3 aliphatic carbocycles. The van der Waals surface area contributed by atoms with E-state index in [2.05, 4.69) is 6.92 Å². The fourth-order valence-electron chi connectivity index (χ4n) is 5.86. The highest BCUT2D eigenvalue weighted by atomic mass is 16.3. The van der Waals surface area contributed by atoms with Crippen molar-refractivity contribution in [3.05, 3.63) is 28.8 Å². The summed E-state index contributed by atoms with van der Waals surface area (Å²) in [6.45, 7) is 7.80. The Bertz CT molecular complexity index is 665. The second-order valence-electron chi connectivity index (χ2n) is 8.18. The van der Waals surface area contributed by atoms with Crippen molar-refractivity contribution in [1.82, 2.24) is 0 Å². The van der Waals surface area contributed by atoms with Crippen molar-refractivity contribution in [2.45, 2.75) is 78.2 Å². The lowest BCUT2D eigenvalue weighted by molar-refractivity contribution is -0.0226. The molecule has 0 aromatic heterocycles. The van der Waals surface area contributed by atoms with Gasteiger partial charge in [0.15, 0.2) is 5.78 Å². The summed E-state index contributed by atoms with van der Waals surface area (Å²) < 4.78 is 0. The van der Waals surface area contributed by atoms with E-state index < -0.39 is 0 Å². The van der Waals surface area contributed by atoms with Gasteiger partial charge in [0, 0.05) is 0 Å². The summed E-state index contributed by atoms with van der Waals surface area (Å²) >= 11 is 0. The molecule has 138 valence electrons. The number of aliphatic hydroxyl groups is 1. The molecule has 25 heavy (non-hydrogen) atoms. The fourth-order valence-corrected chi connectivity index (χ4v) is 5.86. The van der Waals surface area contributed by atoms with E-state index in [1.807, 2.05) is 26.0 Å². The summed E-state index contributed by atoms with van der Waals surface area (Å²) in [5, 5.41) is 20.5. The normalized spacial score (nSPS) is 35.7. The van der Waals surface area contributed by atoms with E-state index in [4.69, 9.17) is 0 Å². The van der Waals surface area contributed by atoms with Gasteiger partial charge in [0.1, 0.15) is 5.75 Å². The summed E-state index contributed by atoms with van der Waals surface area (Å²) in [5.41, 5.74) is 3.05. The first-order chi connectivity index (χ1) is 11.9. The van der Waals surface area contributed by atoms with Crippen LogP contribution in [0.1, 0.15) is 87.2 Å². The number of carbonyl (C=O) groups is 1. The van der Waals surface area contributed by atoms with Crippen molar-refractivity contribution in [3.63, 3.8) is 0 Å². The Morgan fingerprint density at radius 2 is 1.88 bits per heavy atom. The molecule has 1 aromatic rings. The molecule has 3 unspecified atom stereocenters. The van der Waals surface area contributed by atoms with Crippen molar-refractivity contribution in [3.8, 4) is 5.75 Å². The van der Waals surface area contributed by atoms with Gasteiger partial charge in [-0.05, 0) is 91.9 Å². The number of phenols is 1. The summed E-state index contributed by atoms with van der Waals surface area (Å²) in [4.78, 5) is 11.8. The van der Waals surface area contributed by atoms with Crippen LogP contribution in [0.5, 0.6) is 5.75 Å². The van der Waals surface area contributed by atoms with E-state index in [0.29, 0.717) is 23.3 Å². The molecule has 2 N–H and O–H groups in total. The maximum Gasteiger partial charge on any atom is 0.163 e. The fraction of sp³-hybridized carbons (Fsp3) is 0.682. The number of ketones is 1. The zero-order valence-corrected chi connectivity index (χ0v) is 16.0. The summed E-state index contributed by atoms with van der Waals surface area (Å²) in [5.74, 6) is 1.76. The molecule has 1 aromatic carbocycles. The number of benzene rings is 1. The number of aliphatic hydroxyl groups excluding tert-OH is 1. The Hall–Kier alpha value is -1.35. The molecule has 0 amide bonds. The minimum Gasteiger partial charge on any atom is -0.507 e. The van der Waals surface area contributed by atoms with Gasteiger partial charge in [0.05, 0.1) is 11.7 Å². The predicted octanol–water partition coefficient (Wildman–Crippen LogP) is 4.84. The van der Waals surface area contributed by atoms with Crippen LogP contribution in [0.25, 0.3) is 0 Å². The lowest BCUT2D eigenvalue weighted by Gasteiger charge is -2.50. The van der Waals surface area contributed by atoms with Gasteiger partial charge in [0.2, 0.25) is 0 Å². The van der Waals surface area contributed by atoms with Gasteiger partial charge in [-0.1, -0.05) is 20.8 Å². The Labute approximate surface area is 151 Å². The molecule has 0 aliphatic heterocycles. The van der Waals surface area contributed by atoms with E-state index in [1.165, 1.54) is 18.1 Å². The first kappa shape index (κ1) is 18.4. The lowest BCUT2D eigenvalue weighted by Crippen LogP contribution is -2.43. The highest BCUT2D eigenvalue weighted by Gasteiger charge is 2.54. The topological polar surface area (TPSA) is 57.5 Å². The number of hydrogen-bond donors (Lipinski definition) is 2. The van der Waals surface area contributed by atoms with Crippen molar-refractivity contribution < 1.29 is 15.0 Å². The number of aromatic hydroxyl groups is 1. The van der Waals surface area contributed by atoms with Crippen LogP contribution in [-0.2, 0) is 6.42 Å². The zero-order valence-electron chi connectivity index (χ0n) is 16.0. The Morgan fingerprint density at radius 3 is 2.56 bits per heavy atom. The number of phenolic OH excluding ortho intramolecular Hbond substituents is 1. The quantitative estimate of drug-likeness (QED) is 0.717. The van der Waals surface area contributed by atoms with Crippen LogP contribution < -0.4 is 0 Å². The van der Waals surface area contributed by atoms with Crippen LogP contribution in [0.3, 0.4) is 0 Å². The SMILES string of the molecule is CC.CC(=O)c1cc2c(cc1O)CCC1C2CC[C@@]2(C)C1CC[C@@H]2O. The molecular formula is C22H32O3. The number of Topliss-reactive ketones (excluding diaryl/α,β-unsaturated/α-hetero) is 1. The molecule has 4 rings (SSSR count). The monoisotopic (exact) mass is 344 g/mol. The molecule has 0 radical (unpaired) electrons. The number of hydrogen-bond acceptors (Lipinski definition) is 3. The largest absolute Gasteiger partial charge is 0.507 e. The zero-order chi connectivity index (χ0) is 18.4. The lowest BCUT2D eigenvalue weighted by atomic mass is 9.55. The van der Waals surface area contributed by atoms with Gasteiger partial charge < -0.3 is 10.2 Å². The van der Waals surface area contributed by atoms with Crippen LogP contribution in [0.15, 0.2) is 12.1 Å². The first-order valence-electron chi connectivity index (χ1n) is 9.96. The van der Waals surface area contributed by atoms with E-state index in [0.717, 1.165) is 38.5 Å². The predicted molar refractivity (Wildman–Crippen MR) is 100 cm³/mol. The first-order valence-corrected chi connectivity index (χ1v) is 9.96. The summed E-state index contributed by atoms with van der Waals surface area (Å²) in [6, 6.07) is 3.78. The third kappa shape index (κ3) is 2.81. The van der Waals surface area contributed by atoms with Crippen molar-refractivity contribution in [2.75, 3.05) is 0 Å². The van der Waals surface area contributed by atoms with Gasteiger partial charge in [-0.3, -0.25) is 4.79 Å². The second-order valence-corrected chi connectivity index (χ2v) is 8.18. The molecule has 0 bridgehead atoms. The Kier molecular flexibility index (Phi) is 4.98. The standard InChI is InChI=1S/C20H26O3.C2H6/c1-11(21)15-10-16-12(9-18(15)22)3-4-14-13(16)7-8-20(2)17(14)5-6-19(20)23;1-2/h9-10,13-14,17,19,22-23H,3-8H2,1-2H3;1-2H3/t13?,14?,17?,19-,20-;/m0./s1. The number of fused-ring (bicyclic) bond motifs is 5. The van der Waals surface area contributed by atoms with Crippen LogP contribution in [0, 0.1) is 17.3 Å². The van der Waals surface area contributed by atoms with Crippen LogP contribution in [0.2, 0.25) is 0 Å². The summed E-state index contributed by atoms with van der Waals surface area (Å²) in [7, 11) is 0. The number of carbonyl (C=O) groups excluding carboxylic acids is 1. The summed E-state index contributed by atoms with van der Waals surface area (Å²) in [6.07, 6.45) is 6.19. The molecular weight excluding hydrogens is 312 g/mol. The van der Waals surface area contributed by atoms with Crippen LogP contribution in [0.4, 0.5) is 0 Å². The van der Waals surface area contributed by atoms with Gasteiger partial charge in [0.25, 0.3) is 0 Å². The maximum atomic E-state index is 11.8. The van der Waals surface area contributed by atoms with Crippen LogP contribution >= 0.6 is 0 Å². The maximum absolute atomic E-state index is 11.8. The second kappa shape index (κ2) is 6.75. The van der Waals surface area contributed by atoms with Crippen molar-refractivity contribution in [2.24, 2.45) is 17.3 Å². The molecule has 2 fully saturated rings. The van der Waals surface area contributed by atoms with Gasteiger partial charge in [-0.25, -0.2) is 0 Å². The van der Waals surface area contributed by atoms with E-state index in [-0.39, 0.29) is 23.1 Å². The van der Waals surface area contributed by atoms with Gasteiger partial charge in [-0.15, -0.1) is 0 Å². The molecule has 0 spiro atoms. The minimum absolute atomic E-state index is 0.0654. The van der Waals surface area contributed by atoms with Crippen molar-refractivity contribution in [1.29, 1.82) is 0 Å². The minimum atomic E-state index is -0.151. The number of aryl methyl sites for hydroxylation is 1. The third-order valence-corrected chi connectivity index (χ3v) is 7.17. The highest BCUT2D eigenvalue weighted by molar-refractivity contribution is 5.97. The van der Waals surface area contributed by atoms with Crippen LogP contribution in [-0.4, -0.2) is 22.1 Å². The van der Waals surface area contributed by atoms with Crippen molar-refractivity contribution >= 4 is 5.78 Å². The Morgan fingerprint density at radius 1 is 1.16 bits per heavy atom. The molecule has 0 heterocycles. The molecule has 2 saturated carbocycles. The molecule has 5 atom stereocenters. The Balaban J connectivity index is 0.000000880. The highest BCUT2D eigenvalue weighted by Crippen LogP contribution is 2.61. The molecule has 3 nitrogen and oxygen atoms in total.